The highest BCUT2D eigenvalue weighted by atomic mass is 32.2. The van der Waals surface area contributed by atoms with Gasteiger partial charge in [0, 0.05) is 26.8 Å². The van der Waals surface area contributed by atoms with Crippen LogP contribution in [0.4, 0.5) is 0 Å². The maximum atomic E-state index is 11.9. The lowest BCUT2D eigenvalue weighted by molar-refractivity contribution is -0.143. The zero-order valence-corrected chi connectivity index (χ0v) is 13.2. The zero-order valence-electron chi connectivity index (χ0n) is 12.4. The number of hydrogen-bond acceptors (Lipinski definition) is 6. The van der Waals surface area contributed by atoms with Crippen molar-refractivity contribution in [2.45, 2.75) is 32.7 Å². The second-order valence-electron chi connectivity index (χ2n) is 4.63. The molecule has 0 heterocycles. The summed E-state index contributed by atoms with van der Waals surface area (Å²) in [6.07, 6.45) is -0.237. The lowest BCUT2D eigenvalue weighted by atomic mass is 10.1. The van der Waals surface area contributed by atoms with Crippen LogP contribution in [0.3, 0.4) is 0 Å². The Kier molecular flexibility index (Phi) is 7.74. The van der Waals surface area contributed by atoms with Crippen molar-refractivity contribution in [1.82, 2.24) is 10.2 Å². The van der Waals surface area contributed by atoms with Gasteiger partial charge in [-0.15, -0.1) is 0 Å². The monoisotopic (exact) mass is 336 g/mol. The number of carbonyl (C=O) groups is 3. The first-order valence-corrected chi connectivity index (χ1v) is 7.96. The van der Waals surface area contributed by atoms with Gasteiger partial charge >= 0.3 is 0 Å². The second-order valence-corrected chi connectivity index (χ2v) is 6.21. The molecule has 0 aromatic carbocycles. The molecule has 10 heteroatoms. The summed E-state index contributed by atoms with van der Waals surface area (Å²) in [6.45, 7) is 5.11. The zero-order chi connectivity index (χ0) is 17.5. The fourth-order valence-corrected chi connectivity index (χ4v) is 2.05. The summed E-state index contributed by atoms with van der Waals surface area (Å²) in [5, 5.41) is 11.7. The van der Waals surface area contributed by atoms with Crippen LogP contribution in [0.15, 0.2) is 12.3 Å². The van der Waals surface area contributed by atoms with Crippen molar-refractivity contribution in [1.29, 1.82) is 0 Å². The third kappa shape index (κ3) is 8.37. The van der Waals surface area contributed by atoms with Crippen LogP contribution in [0, 0.1) is 0 Å². The van der Waals surface area contributed by atoms with Gasteiger partial charge in [-0.25, -0.2) is 0 Å². The first-order chi connectivity index (χ1) is 9.94. The fourth-order valence-electron chi connectivity index (χ4n) is 1.63. The van der Waals surface area contributed by atoms with E-state index in [4.69, 9.17) is 4.55 Å². The van der Waals surface area contributed by atoms with Crippen molar-refractivity contribution < 1.29 is 32.5 Å². The first kappa shape index (κ1) is 20.1. The van der Waals surface area contributed by atoms with E-state index >= 15 is 0 Å². The van der Waals surface area contributed by atoms with Crippen molar-refractivity contribution in [2.24, 2.45) is 0 Å². The van der Waals surface area contributed by atoms with E-state index in [-0.39, 0.29) is 18.6 Å². The first-order valence-electron chi connectivity index (χ1n) is 6.35. The maximum Gasteiger partial charge on any atom is 0.266 e. The second kappa shape index (κ2) is 8.49. The van der Waals surface area contributed by atoms with Crippen molar-refractivity contribution >= 4 is 27.8 Å². The molecule has 0 bridgehead atoms. The van der Waals surface area contributed by atoms with E-state index in [0.29, 0.717) is 4.90 Å². The van der Waals surface area contributed by atoms with Gasteiger partial charge < -0.3 is 10.4 Å². The Morgan fingerprint density at radius 1 is 1.27 bits per heavy atom. The molecule has 3 amide bonds. The SMILES string of the molecule is C=C(O)C(CCC(=O)N(CCS(=O)(=O)O)C(C)=O)NC(C)=O. The van der Waals surface area contributed by atoms with Gasteiger partial charge in [-0.2, -0.15) is 8.42 Å². The molecule has 0 saturated heterocycles. The minimum absolute atomic E-state index is 0.0105. The lowest BCUT2D eigenvalue weighted by Crippen LogP contribution is -2.40. The van der Waals surface area contributed by atoms with Crippen molar-refractivity contribution in [3.05, 3.63) is 12.3 Å². The highest BCUT2D eigenvalue weighted by Gasteiger charge is 2.22. The smallest absolute Gasteiger partial charge is 0.266 e. The quantitative estimate of drug-likeness (QED) is 0.405. The lowest BCUT2D eigenvalue weighted by Gasteiger charge is -2.21. The highest BCUT2D eigenvalue weighted by molar-refractivity contribution is 7.85. The van der Waals surface area contributed by atoms with Crippen molar-refractivity contribution in [2.75, 3.05) is 12.3 Å². The number of imide groups is 1. The molecule has 0 saturated carbocycles. The summed E-state index contributed by atoms with van der Waals surface area (Å²) in [7, 11) is -4.30. The molecular formula is C12H20N2O7S. The summed E-state index contributed by atoms with van der Waals surface area (Å²) in [5.74, 6) is -2.89. The Bertz CT molecular complexity index is 556. The molecule has 126 valence electrons. The van der Waals surface area contributed by atoms with Gasteiger partial charge in [0.05, 0.1) is 11.8 Å². The summed E-state index contributed by atoms with van der Waals surface area (Å²) < 4.78 is 30.0. The van der Waals surface area contributed by atoms with E-state index in [2.05, 4.69) is 11.9 Å². The van der Waals surface area contributed by atoms with Crippen LogP contribution in [-0.4, -0.2) is 59.0 Å². The molecule has 1 atom stereocenters. The Balaban J connectivity index is 4.72. The predicted molar refractivity (Wildman–Crippen MR) is 77.4 cm³/mol. The van der Waals surface area contributed by atoms with Crippen LogP contribution in [0.2, 0.25) is 0 Å². The Morgan fingerprint density at radius 3 is 2.18 bits per heavy atom. The maximum absolute atomic E-state index is 11.9. The molecule has 0 aliphatic carbocycles. The molecule has 22 heavy (non-hydrogen) atoms. The number of carbonyl (C=O) groups excluding carboxylic acids is 3. The van der Waals surface area contributed by atoms with Gasteiger partial charge in [0.15, 0.2) is 0 Å². The normalized spacial score (nSPS) is 12.3. The molecule has 0 rings (SSSR count). The van der Waals surface area contributed by atoms with E-state index < -0.39 is 46.2 Å². The third-order valence-corrected chi connectivity index (χ3v) is 3.38. The van der Waals surface area contributed by atoms with Crippen LogP contribution in [0.1, 0.15) is 26.7 Å². The van der Waals surface area contributed by atoms with Gasteiger partial charge in [-0.1, -0.05) is 6.58 Å². The number of amides is 3. The van der Waals surface area contributed by atoms with Gasteiger partial charge in [-0.3, -0.25) is 23.8 Å². The molecule has 3 N–H and O–H groups in total. The number of aliphatic hydroxyl groups excluding tert-OH is 1. The average Bonchev–Trinajstić information content (AvgIpc) is 2.31. The van der Waals surface area contributed by atoms with Crippen LogP contribution in [0.25, 0.3) is 0 Å². The predicted octanol–water partition coefficient (Wildman–Crippen LogP) is -0.394. The number of hydrogen-bond donors (Lipinski definition) is 3. The minimum atomic E-state index is -4.30. The average molecular weight is 336 g/mol. The topological polar surface area (TPSA) is 141 Å². The highest BCUT2D eigenvalue weighted by Crippen LogP contribution is 2.08. The standard InChI is InChI=1S/C12H20N2O7S/c1-8(15)11(13-9(2)16)4-5-12(18)14(10(3)17)6-7-22(19,20)21/h11,15H,1,4-7H2,2-3H3,(H,13,16)(H,19,20,21). The molecule has 0 aliphatic heterocycles. The molecule has 0 aliphatic rings. The Labute approximate surface area is 128 Å². The summed E-state index contributed by atoms with van der Waals surface area (Å²) in [6, 6.07) is -0.850. The molecular weight excluding hydrogens is 316 g/mol. The Morgan fingerprint density at radius 2 is 1.82 bits per heavy atom. The number of aliphatic hydroxyl groups is 1. The van der Waals surface area contributed by atoms with Gasteiger partial charge in [0.2, 0.25) is 17.7 Å². The van der Waals surface area contributed by atoms with E-state index in [1.165, 1.54) is 6.92 Å². The van der Waals surface area contributed by atoms with Crippen LogP contribution >= 0.6 is 0 Å². The molecule has 0 fully saturated rings. The molecule has 0 aromatic heterocycles. The van der Waals surface area contributed by atoms with Crippen molar-refractivity contribution in [3.63, 3.8) is 0 Å². The summed E-state index contributed by atoms with van der Waals surface area (Å²) >= 11 is 0. The summed E-state index contributed by atoms with van der Waals surface area (Å²) in [5.41, 5.74) is 0. The van der Waals surface area contributed by atoms with E-state index in [0.717, 1.165) is 6.92 Å². The molecule has 0 aromatic rings. The van der Waals surface area contributed by atoms with Gasteiger partial charge in [-0.05, 0) is 6.42 Å². The largest absolute Gasteiger partial charge is 0.511 e. The van der Waals surface area contributed by atoms with Crippen LogP contribution in [-0.2, 0) is 24.5 Å². The molecule has 0 spiro atoms. The summed E-state index contributed by atoms with van der Waals surface area (Å²) in [4.78, 5) is 34.9. The van der Waals surface area contributed by atoms with Crippen molar-refractivity contribution in [3.8, 4) is 0 Å². The van der Waals surface area contributed by atoms with E-state index in [9.17, 15) is 27.9 Å². The van der Waals surface area contributed by atoms with E-state index in [1.807, 2.05) is 0 Å². The Hall–Kier alpha value is -1.94. The number of nitrogens with zero attached hydrogens (tertiary/aromatic N) is 1. The van der Waals surface area contributed by atoms with Crippen LogP contribution in [0.5, 0.6) is 0 Å². The third-order valence-electron chi connectivity index (χ3n) is 2.68. The minimum Gasteiger partial charge on any atom is -0.511 e. The van der Waals surface area contributed by atoms with Crippen LogP contribution < -0.4 is 5.32 Å². The number of nitrogens with one attached hydrogen (secondary N) is 1. The molecule has 9 nitrogen and oxygen atoms in total. The van der Waals surface area contributed by atoms with Gasteiger partial charge in [0.25, 0.3) is 10.1 Å². The molecule has 0 radical (unpaired) electrons. The number of rotatable bonds is 8. The van der Waals surface area contributed by atoms with E-state index in [1.54, 1.807) is 0 Å². The molecule has 1 unspecified atom stereocenters. The van der Waals surface area contributed by atoms with Gasteiger partial charge in [0.1, 0.15) is 5.76 Å². The fraction of sp³-hybridized carbons (Fsp3) is 0.583.